The van der Waals surface area contributed by atoms with E-state index in [1.807, 2.05) is 6.55 Å². The fraction of sp³-hybridized carbons (Fsp3) is 0.636. The smallest absolute Gasteiger partial charge is 0.262 e. The highest BCUT2D eigenvalue weighted by molar-refractivity contribution is 6.24. The number of allylic oxidation sites excluding steroid dienone is 6. The van der Waals surface area contributed by atoms with E-state index in [-0.39, 0.29) is 0 Å². The van der Waals surface area contributed by atoms with Crippen molar-refractivity contribution in [2.24, 2.45) is 0 Å². The molecule has 0 aliphatic heterocycles. The molecule has 148 valence electrons. The summed E-state index contributed by atoms with van der Waals surface area (Å²) in [6, 6.07) is 0. The van der Waals surface area contributed by atoms with Crippen molar-refractivity contribution in [1.82, 2.24) is 0 Å². The molecule has 4 heteroatoms. The SMILES string of the molecule is C[Si]OC(OC/C=C(\C)CCC=C(C)C)OC/C=C(\C)CCC=C(C)C. The summed E-state index contributed by atoms with van der Waals surface area (Å²) in [6.45, 7) is 15.2. The lowest BCUT2D eigenvalue weighted by Crippen LogP contribution is -2.22. The Hall–Kier alpha value is -0.943. The fourth-order valence-corrected chi connectivity index (χ4v) is 2.46. The minimum atomic E-state index is -0.595. The summed E-state index contributed by atoms with van der Waals surface area (Å²) in [4.78, 5) is 0. The molecule has 0 amide bonds. The Labute approximate surface area is 164 Å². The van der Waals surface area contributed by atoms with E-state index in [1.54, 1.807) is 0 Å². The zero-order chi connectivity index (χ0) is 19.8. The molecule has 26 heavy (non-hydrogen) atoms. The molecule has 0 aromatic rings. The standard InChI is InChI=1S/C22H38O3Si/c1-18(2)10-8-12-20(5)14-16-23-22(25-26-7)24-17-15-21(6)13-9-11-19(3)4/h10-11,14-15,22H,8-9,12-13,16-17H2,1-7H3/b20-14+,21-15+. The lowest BCUT2D eigenvalue weighted by molar-refractivity contribution is -0.237. The highest BCUT2D eigenvalue weighted by atomic mass is 28.2. The zero-order valence-corrected chi connectivity index (χ0v) is 18.9. The van der Waals surface area contributed by atoms with Crippen molar-refractivity contribution in [2.75, 3.05) is 13.2 Å². The summed E-state index contributed by atoms with van der Waals surface area (Å²) < 4.78 is 17.0. The lowest BCUT2D eigenvalue weighted by atomic mass is 10.1. The molecule has 0 saturated carbocycles. The summed E-state index contributed by atoms with van der Waals surface area (Å²) >= 11 is 0. The first kappa shape index (κ1) is 25.1. The summed E-state index contributed by atoms with van der Waals surface area (Å²) in [6.07, 6.45) is 13.0. The molecule has 0 aliphatic rings. The van der Waals surface area contributed by atoms with Crippen LogP contribution in [0.3, 0.4) is 0 Å². The van der Waals surface area contributed by atoms with E-state index in [4.69, 9.17) is 13.9 Å². The molecule has 0 aliphatic carbocycles. The average Bonchev–Trinajstić information content (AvgIpc) is 2.54. The maximum Gasteiger partial charge on any atom is 0.262 e. The van der Waals surface area contributed by atoms with Gasteiger partial charge in [-0.25, -0.2) is 0 Å². The average molecular weight is 379 g/mol. The second-order valence-corrected chi connectivity index (χ2v) is 7.66. The van der Waals surface area contributed by atoms with Crippen molar-refractivity contribution in [2.45, 2.75) is 80.2 Å². The monoisotopic (exact) mass is 378 g/mol. The second kappa shape index (κ2) is 16.2. The van der Waals surface area contributed by atoms with E-state index in [2.05, 4.69) is 65.8 Å². The second-order valence-electron chi connectivity index (χ2n) is 7.02. The predicted octanol–water partition coefficient (Wildman–Crippen LogP) is 6.37. The molecule has 0 aromatic carbocycles. The quantitative estimate of drug-likeness (QED) is 0.200. The van der Waals surface area contributed by atoms with Crippen molar-refractivity contribution in [1.29, 1.82) is 0 Å². The molecule has 3 nitrogen and oxygen atoms in total. The molecule has 0 saturated heterocycles. The first-order valence-electron chi connectivity index (χ1n) is 9.48. The molecule has 2 radical (unpaired) electrons. The van der Waals surface area contributed by atoms with Crippen molar-refractivity contribution >= 4 is 9.76 Å². The van der Waals surface area contributed by atoms with Crippen LogP contribution in [-0.2, 0) is 13.9 Å². The van der Waals surface area contributed by atoms with Gasteiger partial charge in [-0.1, -0.05) is 46.6 Å². The Morgan fingerprint density at radius 1 is 0.731 bits per heavy atom. The zero-order valence-electron chi connectivity index (χ0n) is 17.9. The summed E-state index contributed by atoms with van der Waals surface area (Å²) in [5, 5.41) is 0. The van der Waals surface area contributed by atoms with Crippen LogP contribution in [0.5, 0.6) is 0 Å². The third-order valence-electron chi connectivity index (χ3n) is 3.72. The van der Waals surface area contributed by atoms with E-state index in [1.165, 1.54) is 22.3 Å². The van der Waals surface area contributed by atoms with Gasteiger partial charge in [-0.2, -0.15) is 0 Å². The number of hydrogen-bond donors (Lipinski definition) is 0. The van der Waals surface area contributed by atoms with Gasteiger partial charge < -0.3 is 13.9 Å². The Morgan fingerprint density at radius 3 is 1.50 bits per heavy atom. The summed E-state index contributed by atoms with van der Waals surface area (Å²) in [7, 11) is 0.337. The van der Waals surface area contributed by atoms with Crippen LogP contribution in [0.4, 0.5) is 0 Å². The summed E-state index contributed by atoms with van der Waals surface area (Å²) in [5.74, 6) is 0. The third kappa shape index (κ3) is 16.5. The summed E-state index contributed by atoms with van der Waals surface area (Å²) in [5.41, 5.74) is 5.39. The largest absolute Gasteiger partial charge is 0.372 e. The Kier molecular flexibility index (Phi) is 15.7. The topological polar surface area (TPSA) is 27.7 Å². The van der Waals surface area contributed by atoms with Gasteiger partial charge >= 0.3 is 0 Å². The molecule has 0 bridgehead atoms. The lowest BCUT2D eigenvalue weighted by Gasteiger charge is -2.17. The van der Waals surface area contributed by atoms with Crippen molar-refractivity contribution in [3.63, 3.8) is 0 Å². The molecule has 0 spiro atoms. The van der Waals surface area contributed by atoms with Gasteiger partial charge in [-0.15, -0.1) is 0 Å². The minimum absolute atomic E-state index is 0.337. The molecule has 0 heterocycles. The van der Waals surface area contributed by atoms with E-state index < -0.39 is 6.48 Å². The first-order valence-corrected chi connectivity index (χ1v) is 10.9. The first-order chi connectivity index (χ1) is 12.3. The Bertz CT molecular complexity index is 440. The van der Waals surface area contributed by atoms with Gasteiger partial charge in [-0.3, -0.25) is 0 Å². The van der Waals surface area contributed by atoms with Crippen molar-refractivity contribution in [3.8, 4) is 0 Å². The molecule has 0 aromatic heterocycles. The molecular formula is C22H38O3Si. The normalized spacial score (nSPS) is 12.5. The molecule has 0 N–H and O–H groups in total. The number of hydrogen-bond acceptors (Lipinski definition) is 3. The van der Waals surface area contributed by atoms with Crippen LogP contribution in [0, 0.1) is 0 Å². The maximum atomic E-state index is 5.71. The predicted molar refractivity (Wildman–Crippen MR) is 113 cm³/mol. The van der Waals surface area contributed by atoms with Crippen molar-refractivity contribution < 1.29 is 13.9 Å². The van der Waals surface area contributed by atoms with Gasteiger partial charge in [0, 0.05) is 0 Å². The van der Waals surface area contributed by atoms with E-state index in [0.29, 0.717) is 23.0 Å². The Balaban J connectivity index is 4.19. The minimum Gasteiger partial charge on any atom is -0.372 e. The van der Waals surface area contributed by atoms with Crippen molar-refractivity contribution in [3.05, 3.63) is 46.6 Å². The highest BCUT2D eigenvalue weighted by Gasteiger charge is 2.07. The molecule has 0 fully saturated rings. The fourth-order valence-electron chi connectivity index (χ4n) is 2.13. The van der Waals surface area contributed by atoms with Gasteiger partial charge in [0.05, 0.1) is 13.2 Å². The van der Waals surface area contributed by atoms with Crippen LogP contribution in [0.2, 0.25) is 6.55 Å². The number of ether oxygens (including phenoxy) is 2. The molecule has 0 atom stereocenters. The Morgan fingerprint density at radius 2 is 1.15 bits per heavy atom. The van der Waals surface area contributed by atoms with Gasteiger partial charge in [-0.05, 0) is 73.8 Å². The van der Waals surface area contributed by atoms with Crippen LogP contribution in [0.15, 0.2) is 46.6 Å². The van der Waals surface area contributed by atoms with E-state index >= 15 is 0 Å². The van der Waals surface area contributed by atoms with E-state index in [0.717, 1.165) is 25.7 Å². The van der Waals surface area contributed by atoms with Crippen LogP contribution < -0.4 is 0 Å². The van der Waals surface area contributed by atoms with Crippen LogP contribution in [0.25, 0.3) is 0 Å². The maximum absolute atomic E-state index is 5.71. The number of rotatable bonds is 14. The van der Waals surface area contributed by atoms with Gasteiger partial charge in [0.1, 0.15) is 0 Å². The van der Waals surface area contributed by atoms with Gasteiger partial charge in [0.15, 0.2) is 0 Å². The molecular weight excluding hydrogens is 340 g/mol. The van der Waals surface area contributed by atoms with E-state index in [9.17, 15) is 0 Å². The van der Waals surface area contributed by atoms with Crippen LogP contribution in [-0.4, -0.2) is 29.5 Å². The van der Waals surface area contributed by atoms with Crippen LogP contribution in [0.1, 0.15) is 67.2 Å². The van der Waals surface area contributed by atoms with Gasteiger partial charge in [0.25, 0.3) is 6.48 Å². The highest BCUT2D eigenvalue weighted by Crippen LogP contribution is 2.09. The molecule has 0 unspecified atom stereocenters. The van der Waals surface area contributed by atoms with Crippen LogP contribution >= 0.6 is 0 Å². The molecule has 0 rings (SSSR count). The third-order valence-corrected chi connectivity index (χ3v) is 4.15. The van der Waals surface area contributed by atoms with Gasteiger partial charge in [0.2, 0.25) is 9.76 Å².